The van der Waals surface area contributed by atoms with E-state index in [1.54, 1.807) is 49.8 Å². The van der Waals surface area contributed by atoms with Crippen molar-refractivity contribution in [3.05, 3.63) is 54.1 Å². The van der Waals surface area contributed by atoms with Gasteiger partial charge in [-0.15, -0.1) is 0 Å². The number of benzene rings is 1. The van der Waals surface area contributed by atoms with Crippen molar-refractivity contribution < 1.29 is 23.9 Å². The summed E-state index contributed by atoms with van der Waals surface area (Å²) in [6, 6.07) is 4.32. The fourth-order valence-electron chi connectivity index (χ4n) is 3.93. The summed E-state index contributed by atoms with van der Waals surface area (Å²) >= 11 is 0. The first-order chi connectivity index (χ1) is 17.7. The molecule has 3 rings (SSSR count). The smallest absolute Gasteiger partial charge is 0.255 e. The molecule has 198 valence electrons. The number of carbonyl (C=O) groups excluding carboxylic acids is 4. The van der Waals surface area contributed by atoms with Crippen LogP contribution in [0.5, 0.6) is 5.75 Å². The third-order valence-electron chi connectivity index (χ3n) is 5.75. The van der Waals surface area contributed by atoms with E-state index < -0.39 is 29.8 Å². The van der Waals surface area contributed by atoms with Gasteiger partial charge in [0, 0.05) is 31.6 Å². The highest BCUT2D eigenvalue weighted by atomic mass is 16.5. The highest BCUT2D eigenvalue weighted by Crippen LogP contribution is 2.19. The van der Waals surface area contributed by atoms with Gasteiger partial charge in [-0.1, -0.05) is 26.0 Å². The maximum Gasteiger partial charge on any atom is 0.255 e. The molecule has 11 nitrogen and oxygen atoms in total. The Morgan fingerprint density at radius 1 is 1.14 bits per heavy atom. The molecule has 1 aromatic carbocycles. The zero-order valence-electron chi connectivity index (χ0n) is 21.3. The van der Waals surface area contributed by atoms with Gasteiger partial charge in [0.2, 0.25) is 17.7 Å². The van der Waals surface area contributed by atoms with Crippen LogP contribution in [0.1, 0.15) is 49.7 Å². The molecule has 0 saturated heterocycles. The van der Waals surface area contributed by atoms with Crippen LogP contribution in [0, 0.1) is 5.92 Å². The molecule has 2 heterocycles. The fraction of sp³-hybridized carbons (Fsp3) is 0.462. The Balaban J connectivity index is 1.80. The van der Waals surface area contributed by atoms with Crippen molar-refractivity contribution in [3.8, 4) is 5.75 Å². The summed E-state index contributed by atoms with van der Waals surface area (Å²) < 4.78 is 5.95. The molecule has 0 spiro atoms. The van der Waals surface area contributed by atoms with Crippen molar-refractivity contribution in [1.29, 1.82) is 0 Å². The van der Waals surface area contributed by atoms with Crippen molar-refractivity contribution in [2.75, 3.05) is 13.2 Å². The first kappa shape index (κ1) is 27.6. The van der Waals surface area contributed by atoms with Gasteiger partial charge < -0.3 is 26.0 Å². The lowest BCUT2D eigenvalue weighted by molar-refractivity contribution is -0.131. The van der Waals surface area contributed by atoms with E-state index in [1.807, 2.05) is 13.8 Å². The minimum atomic E-state index is -1.17. The average molecular weight is 511 g/mol. The van der Waals surface area contributed by atoms with Crippen molar-refractivity contribution in [3.63, 3.8) is 0 Å². The SMILES string of the molecule is CC(C)C[C@H]1COc2ccccc2C(=O)N[C@H](C(=O)NCCc2cnccn2)CC(=O)N[C@@H](C)C(=O)N1. The molecule has 1 aromatic heterocycles. The topological polar surface area (TPSA) is 151 Å². The predicted molar refractivity (Wildman–Crippen MR) is 136 cm³/mol. The van der Waals surface area contributed by atoms with E-state index in [0.717, 1.165) is 0 Å². The molecule has 1 aliphatic heterocycles. The predicted octanol–water partition coefficient (Wildman–Crippen LogP) is 0.752. The number of amides is 4. The van der Waals surface area contributed by atoms with Gasteiger partial charge in [0.05, 0.1) is 23.7 Å². The molecular formula is C26H34N6O5. The number of aromatic nitrogens is 2. The number of rotatable bonds is 6. The van der Waals surface area contributed by atoms with Gasteiger partial charge in [-0.3, -0.25) is 29.1 Å². The van der Waals surface area contributed by atoms with Crippen LogP contribution in [-0.4, -0.2) is 64.9 Å². The lowest BCUT2D eigenvalue weighted by Crippen LogP contribution is -2.53. The Kier molecular flexibility index (Phi) is 9.93. The quantitative estimate of drug-likeness (QED) is 0.448. The number of nitrogens with zero attached hydrogens (tertiary/aromatic N) is 2. The Morgan fingerprint density at radius 2 is 1.92 bits per heavy atom. The van der Waals surface area contributed by atoms with E-state index >= 15 is 0 Å². The molecule has 0 radical (unpaired) electrons. The minimum Gasteiger partial charge on any atom is -0.491 e. The molecule has 0 aliphatic carbocycles. The molecule has 4 N–H and O–H groups in total. The zero-order valence-corrected chi connectivity index (χ0v) is 21.3. The van der Waals surface area contributed by atoms with Crippen LogP contribution in [0.4, 0.5) is 0 Å². The van der Waals surface area contributed by atoms with Gasteiger partial charge in [0.15, 0.2) is 0 Å². The molecule has 0 bridgehead atoms. The number of carbonyl (C=O) groups is 4. The molecular weight excluding hydrogens is 476 g/mol. The first-order valence-corrected chi connectivity index (χ1v) is 12.4. The summed E-state index contributed by atoms with van der Waals surface area (Å²) in [6.45, 7) is 6.00. The number of ether oxygens (including phenoxy) is 1. The summed E-state index contributed by atoms with van der Waals surface area (Å²) in [5.74, 6) is -1.39. The first-order valence-electron chi connectivity index (χ1n) is 12.4. The van der Waals surface area contributed by atoms with Crippen LogP contribution in [0.15, 0.2) is 42.9 Å². The average Bonchev–Trinajstić information content (AvgIpc) is 2.86. The second-order valence-corrected chi connectivity index (χ2v) is 9.40. The highest BCUT2D eigenvalue weighted by Gasteiger charge is 2.28. The van der Waals surface area contributed by atoms with Gasteiger partial charge in [-0.2, -0.15) is 0 Å². The molecule has 0 unspecified atom stereocenters. The van der Waals surface area contributed by atoms with Crippen LogP contribution in [0.25, 0.3) is 0 Å². The Bertz CT molecular complexity index is 1090. The summed E-state index contributed by atoms with van der Waals surface area (Å²) in [5.41, 5.74) is 0.914. The van der Waals surface area contributed by atoms with E-state index in [1.165, 1.54) is 0 Å². The molecule has 1 aliphatic rings. The van der Waals surface area contributed by atoms with Gasteiger partial charge in [-0.25, -0.2) is 0 Å². The van der Waals surface area contributed by atoms with Crippen LogP contribution in [0.3, 0.4) is 0 Å². The zero-order chi connectivity index (χ0) is 26.8. The van der Waals surface area contributed by atoms with Crippen LogP contribution in [-0.2, 0) is 20.8 Å². The number of fused-ring (bicyclic) bond motifs is 1. The molecule has 3 atom stereocenters. The molecule has 0 saturated carbocycles. The normalized spacial score (nSPS) is 21.0. The van der Waals surface area contributed by atoms with Gasteiger partial charge in [-0.05, 0) is 31.4 Å². The van der Waals surface area contributed by atoms with E-state index in [4.69, 9.17) is 4.74 Å². The van der Waals surface area contributed by atoms with Gasteiger partial charge >= 0.3 is 0 Å². The fourth-order valence-corrected chi connectivity index (χ4v) is 3.93. The number of hydrogen-bond donors (Lipinski definition) is 4. The summed E-state index contributed by atoms with van der Waals surface area (Å²) in [6.07, 6.45) is 5.44. The third-order valence-corrected chi connectivity index (χ3v) is 5.75. The van der Waals surface area contributed by atoms with E-state index in [9.17, 15) is 19.2 Å². The summed E-state index contributed by atoms with van der Waals surface area (Å²) in [4.78, 5) is 59.8. The number of hydrogen-bond acceptors (Lipinski definition) is 7. The monoisotopic (exact) mass is 510 g/mol. The maximum absolute atomic E-state index is 13.2. The Labute approximate surface area is 216 Å². The van der Waals surface area contributed by atoms with E-state index in [2.05, 4.69) is 31.2 Å². The third kappa shape index (κ3) is 8.55. The summed E-state index contributed by atoms with van der Waals surface area (Å²) in [7, 11) is 0. The Morgan fingerprint density at radius 3 is 2.65 bits per heavy atom. The molecule has 37 heavy (non-hydrogen) atoms. The van der Waals surface area contributed by atoms with Gasteiger partial charge in [0.1, 0.15) is 24.4 Å². The Hall–Kier alpha value is -4.02. The highest BCUT2D eigenvalue weighted by molar-refractivity contribution is 6.01. The van der Waals surface area contributed by atoms with E-state index in [0.29, 0.717) is 24.3 Å². The van der Waals surface area contributed by atoms with Crippen molar-refractivity contribution >= 4 is 23.6 Å². The maximum atomic E-state index is 13.2. The van der Waals surface area contributed by atoms with E-state index in [-0.39, 0.29) is 43.0 Å². The number of nitrogens with one attached hydrogen (secondary N) is 4. The number of para-hydroxylation sites is 1. The second kappa shape index (κ2) is 13.3. The molecule has 11 heteroatoms. The largest absolute Gasteiger partial charge is 0.491 e. The second-order valence-electron chi connectivity index (χ2n) is 9.40. The summed E-state index contributed by atoms with van der Waals surface area (Å²) in [5, 5.41) is 10.9. The van der Waals surface area contributed by atoms with Crippen LogP contribution < -0.4 is 26.0 Å². The standard InChI is InChI=1S/C26H34N6O5/c1-16(2)12-19-15-37-22-7-5-4-6-20(22)25(35)32-21(13-23(33)30-17(3)24(34)31-19)26(36)29-9-8-18-14-27-10-11-28-18/h4-7,10-11,14,16-17,19,21H,8-9,12-13,15H2,1-3H3,(H,29,36)(H,30,33)(H,31,34)(H,32,35)/t17-,19-,21-/m0/s1. The van der Waals surface area contributed by atoms with Crippen molar-refractivity contribution in [1.82, 2.24) is 31.2 Å². The molecule has 2 aromatic rings. The molecule has 0 fully saturated rings. The molecule has 4 amide bonds. The lowest BCUT2D eigenvalue weighted by atomic mass is 10.0. The van der Waals surface area contributed by atoms with Crippen molar-refractivity contribution in [2.45, 2.75) is 58.2 Å². The van der Waals surface area contributed by atoms with Crippen LogP contribution in [0.2, 0.25) is 0 Å². The van der Waals surface area contributed by atoms with Gasteiger partial charge in [0.25, 0.3) is 5.91 Å². The minimum absolute atomic E-state index is 0.140. The van der Waals surface area contributed by atoms with Crippen molar-refractivity contribution in [2.24, 2.45) is 5.92 Å². The lowest BCUT2D eigenvalue weighted by Gasteiger charge is -2.25. The van der Waals surface area contributed by atoms with Crippen LogP contribution >= 0.6 is 0 Å².